The van der Waals surface area contributed by atoms with Crippen molar-refractivity contribution in [3.05, 3.63) is 58.9 Å². The molecule has 1 amide bonds. The SMILES string of the molecule is COC(=O)Cn1c(=NC(=O)COc2ccc(C)cc2)sc2ccccc21. The topological polar surface area (TPSA) is 69.9 Å². The molecule has 0 bridgehead atoms. The number of carbonyl (C=O) groups is 2. The molecule has 1 heterocycles. The largest absolute Gasteiger partial charge is 0.484 e. The fourth-order valence-corrected chi connectivity index (χ4v) is 3.42. The molecule has 2 aromatic carbocycles. The molecular weight excluding hydrogens is 352 g/mol. The molecule has 7 heteroatoms. The van der Waals surface area contributed by atoms with Crippen LogP contribution in [0, 0.1) is 6.92 Å². The second-order valence-corrected chi connectivity index (χ2v) is 6.63. The molecule has 0 saturated carbocycles. The van der Waals surface area contributed by atoms with Gasteiger partial charge in [0.15, 0.2) is 11.4 Å². The summed E-state index contributed by atoms with van der Waals surface area (Å²) < 4.78 is 12.8. The van der Waals surface area contributed by atoms with Crippen LogP contribution in [-0.2, 0) is 20.9 Å². The van der Waals surface area contributed by atoms with Gasteiger partial charge in [-0.15, -0.1) is 0 Å². The van der Waals surface area contributed by atoms with Crippen LogP contribution >= 0.6 is 11.3 Å². The quantitative estimate of drug-likeness (QED) is 0.648. The number of hydrogen-bond donors (Lipinski definition) is 0. The van der Waals surface area contributed by atoms with E-state index >= 15 is 0 Å². The Hall–Kier alpha value is -2.93. The highest BCUT2D eigenvalue weighted by molar-refractivity contribution is 7.16. The molecule has 134 valence electrons. The van der Waals surface area contributed by atoms with Crippen LogP contribution in [0.4, 0.5) is 0 Å². The Morgan fingerprint density at radius 2 is 1.85 bits per heavy atom. The summed E-state index contributed by atoms with van der Waals surface area (Å²) in [6, 6.07) is 15.0. The number of thiazole rings is 1. The Morgan fingerprint density at radius 1 is 1.12 bits per heavy atom. The van der Waals surface area contributed by atoms with Crippen molar-refractivity contribution in [2.24, 2.45) is 4.99 Å². The molecule has 0 radical (unpaired) electrons. The Labute approximate surface area is 154 Å². The maximum absolute atomic E-state index is 12.2. The monoisotopic (exact) mass is 370 g/mol. The number of rotatable bonds is 5. The number of hydrogen-bond acceptors (Lipinski definition) is 5. The summed E-state index contributed by atoms with van der Waals surface area (Å²) in [5.74, 6) is -0.216. The van der Waals surface area contributed by atoms with Gasteiger partial charge in [0.2, 0.25) is 0 Å². The van der Waals surface area contributed by atoms with Crippen molar-refractivity contribution < 1.29 is 19.1 Å². The minimum Gasteiger partial charge on any atom is -0.484 e. The molecule has 0 atom stereocenters. The van der Waals surface area contributed by atoms with E-state index in [0.29, 0.717) is 10.6 Å². The van der Waals surface area contributed by atoms with Gasteiger partial charge in [-0.2, -0.15) is 4.99 Å². The smallest absolute Gasteiger partial charge is 0.325 e. The van der Waals surface area contributed by atoms with E-state index in [1.165, 1.54) is 18.4 Å². The van der Waals surface area contributed by atoms with Crippen LogP contribution in [0.2, 0.25) is 0 Å². The third kappa shape index (κ3) is 4.18. The number of methoxy groups -OCH3 is 1. The van der Waals surface area contributed by atoms with Crippen molar-refractivity contribution in [3.63, 3.8) is 0 Å². The Bertz CT molecular complexity index is 1000. The van der Waals surface area contributed by atoms with Crippen LogP contribution in [-0.4, -0.2) is 30.2 Å². The second kappa shape index (κ2) is 7.97. The number of para-hydroxylation sites is 1. The molecular formula is C19H18N2O4S. The fourth-order valence-electron chi connectivity index (χ4n) is 2.37. The van der Waals surface area contributed by atoms with Crippen molar-refractivity contribution in [2.45, 2.75) is 13.5 Å². The van der Waals surface area contributed by atoms with Gasteiger partial charge in [-0.1, -0.05) is 41.2 Å². The van der Waals surface area contributed by atoms with Crippen LogP contribution in [0.25, 0.3) is 10.2 Å². The molecule has 3 rings (SSSR count). The Morgan fingerprint density at radius 3 is 2.58 bits per heavy atom. The van der Waals surface area contributed by atoms with E-state index in [9.17, 15) is 9.59 Å². The maximum atomic E-state index is 12.2. The van der Waals surface area contributed by atoms with Gasteiger partial charge < -0.3 is 14.0 Å². The molecule has 0 N–H and O–H groups in total. The summed E-state index contributed by atoms with van der Waals surface area (Å²) in [5, 5.41) is 0. The zero-order valence-electron chi connectivity index (χ0n) is 14.5. The second-order valence-electron chi connectivity index (χ2n) is 5.62. The first-order chi connectivity index (χ1) is 12.6. The van der Waals surface area contributed by atoms with Crippen LogP contribution in [0.5, 0.6) is 5.75 Å². The molecule has 1 aromatic heterocycles. The summed E-state index contributed by atoms with van der Waals surface area (Å²) in [7, 11) is 1.33. The molecule has 0 fully saturated rings. The lowest BCUT2D eigenvalue weighted by Gasteiger charge is -2.04. The van der Waals surface area contributed by atoms with E-state index in [2.05, 4.69) is 4.99 Å². The van der Waals surface area contributed by atoms with Crippen LogP contribution in [0.1, 0.15) is 5.56 Å². The summed E-state index contributed by atoms with van der Waals surface area (Å²) in [6.07, 6.45) is 0. The standard InChI is InChI=1S/C19H18N2O4S/c1-13-7-9-14(10-8-13)25-12-17(22)20-19-21(11-18(23)24-2)15-5-3-4-6-16(15)26-19/h3-10H,11-12H2,1-2H3. The van der Waals surface area contributed by atoms with E-state index in [1.54, 1.807) is 16.7 Å². The van der Waals surface area contributed by atoms with Crippen LogP contribution in [0.15, 0.2) is 53.5 Å². The van der Waals surface area contributed by atoms with Gasteiger partial charge in [-0.25, -0.2) is 0 Å². The van der Waals surface area contributed by atoms with Crippen LogP contribution in [0.3, 0.4) is 0 Å². The zero-order chi connectivity index (χ0) is 18.5. The van der Waals surface area contributed by atoms with Crippen molar-refractivity contribution in [1.29, 1.82) is 0 Å². The lowest BCUT2D eigenvalue weighted by Crippen LogP contribution is -2.23. The average Bonchev–Trinajstić information content (AvgIpc) is 2.98. The first-order valence-corrected chi connectivity index (χ1v) is 8.80. The highest BCUT2D eigenvalue weighted by atomic mass is 32.1. The Kier molecular flexibility index (Phi) is 5.48. The van der Waals surface area contributed by atoms with Crippen molar-refractivity contribution in [1.82, 2.24) is 4.57 Å². The molecule has 26 heavy (non-hydrogen) atoms. The number of aromatic nitrogens is 1. The maximum Gasteiger partial charge on any atom is 0.325 e. The highest BCUT2D eigenvalue weighted by Crippen LogP contribution is 2.17. The summed E-state index contributed by atoms with van der Waals surface area (Å²) in [6.45, 7) is 1.80. The van der Waals surface area contributed by atoms with E-state index in [4.69, 9.17) is 9.47 Å². The lowest BCUT2D eigenvalue weighted by atomic mass is 10.2. The number of carbonyl (C=O) groups excluding carboxylic acids is 2. The highest BCUT2D eigenvalue weighted by Gasteiger charge is 2.11. The van der Waals surface area contributed by atoms with Gasteiger partial charge in [0.25, 0.3) is 5.91 Å². The van der Waals surface area contributed by atoms with Crippen molar-refractivity contribution in [3.8, 4) is 5.75 Å². The van der Waals surface area contributed by atoms with Gasteiger partial charge in [0.05, 0.1) is 17.3 Å². The number of benzene rings is 2. The third-order valence-corrected chi connectivity index (χ3v) is 4.77. The summed E-state index contributed by atoms with van der Waals surface area (Å²) in [5.41, 5.74) is 1.94. The predicted octanol–water partition coefficient (Wildman–Crippen LogP) is 2.69. The lowest BCUT2D eigenvalue weighted by molar-refractivity contribution is -0.141. The minimum atomic E-state index is -0.421. The van der Waals surface area contributed by atoms with Gasteiger partial charge >= 0.3 is 5.97 Å². The van der Waals surface area contributed by atoms with E-state index in [0.717, 1.165) is 15.8 Å². The van der Waals surface area contributed by atoms with Gasteiger partial charge in [-0.05, 0) is 31.2 Å². The first-order valence-electron chi connectivity index (χ1n) is 7.99. The molecule has 0 saturated heterocycles. The van der Waals surface area contributed by atoms with Crippen molar-refractivity contribution >= 4 is 33.4 Å². The number of aryl methyl sites for hydroxylation is 1. The van der Waals surface area contributed by atoms with Gasteiger partial charge in [0, 0.05) is 0 Å². The number of nitrogens with zero attached hydrogens (tertiary/aromatic N) is 2. The molecule has 3 aromatic rings. The molecule has 0 spiro atoms. The summed E-state index contributed by atoms with van der Waals surface area (Å²) >= 11 is 1.34. The number of ether oxygens (including phenoxy) is 2. The van der Waals surface area contributed by atoms with E-state index < -0.39 is 11.9 Å². The molecule has 6 nitrogen and oxygen atoms in total. The number of amides is 1. The molecule has 0 unspecified atom stereocenters. The van der Waals surface area contributed by atoms with Crippen molar-refractivity contribution in [2.75, 3.05) is 13.7 Å². The van der Waals surface area contributed by atoms with Gasteiger partial charge in [0.1, 0.15) is 12.3 Å². The predicted molar refractivity (Wildman–Crippen MR) is 99.1 cm³/mol. The zero-order valence-corrected chi connectivity index (χ0v) is 15.3. The summed E-state index contributed by atoms with van der Waals surface area (Å²) in [4.78, 5) is 28.5. The van der Waals surface area contributed by atoms with E-state index in [-0.39, 0.29) is 13.2 Å². The molecule has 0 aliphatic rings. The number of esters is 1. The minimum absolute atomic E-state index is 0.00849. The number of fused-ring (bicyclic) bond motifs is 1. The average molecular weight is 370 g/mol. The third-order valence-electron chi connectivity index (χ3n) is 3.71. The van der Waals surface area contributed by atoms with Gasteiger partial charge in [-0.3, -0.25) is 9.59 Å². The van der Waals surface area contributed by atoms with Crippen LogP contribution < -0.4 is 9.54 Å². The first kappa shape index (κ1) is 17.9. The normalized spacial score (nSPS) is 11.5. The fraction of sp³-hybridized carbons (Fsp3) is 0.211. The molecule has 0 aliphatic heterocycles. The Balaban J connectivity index is 1.85. The molecule has 0 aliphatic carbocycles. The van der Waals surface area contributed by atoms with E-state index in [1.807, 2.05) is 43.3 Å².